The first kappa shape index (κ1) is 15.7. The third kappa shape index (κ3) is 3.93. The maximum Gasteiger partial charge on any atom is 0.416 e. The highest BCUT2D eigenvalue weighted by Crippen LogP contribution is 2.29. The highest BCUT2D eigenvalue weighted by Gasteiger charge is 2.31. The fourth-order valence-corrected chi connectivity index (χ4v) is 2.11. The summed E-state index contributed by atoms with van der Waals surface area (Å²) in [5.74, 6) is -0.680. The van der Waals surface area contributed by atoms with E-state index in [9.17, 15) is 18.0 Å². The van der Waals surface area contributed by atoms with Crippen molar-refractivity contribution in [3.05, 3.63) is 56.9 Å². The summed E-state index contributed by atoms with van der Waals surface area (Å²) in [6.45, 7) is 1.92. The van der Waals surface area contributed by atoms with E-state index in [4.69, 9.17) is 0 Å². The largest absolute Gasteiger partial charge is 0.416 e. The van der Waals surface area contributed by atoms with Crippen LogP contribution in [0.15, 0.2) is 36.5 Å². The average molecular weight is 406 g/mol. The molecule has 2 aromatic rings. The van der Waals surface area contributed by atoms with Gasteiger partial charge in [0, 0.05) is 15.5 Å². The predicted molar refractivity (Wildman–Crippen MR) is 81.1 cm³/mol. The number of amides is 1. The average Bonchev–Trinajstić information content (AvgIpc) is 2.42. The molecule has 0 bridgehead atoms. The van der Waals surface area contributed by atoms with Crippen molar-refractivity contribution in [2.24, 2.45) is 0 Å². The quantitative estimate of drug-likeness (QED) is 0.758. The molecule has 1 aromatic carbocycles. The Morgan fingerprint density at radius 1 is 1.24 bits per heavy atom. The normalized spacial score (nSPS) is 11.3. The summed E-state index contributed by atoms with van der Waals surface area (Å²) in [5, 5.41) is 2.53. The topological polar surface area (TPSA) is 42.0 Å². The third-order valence-corrected chi connectivity index (χ3v) is 3.91. The molecule has 0 fully saturated rings. The smallest absolute Gasteiger partial charge is 0.321 e. The number of rotatable bonds is 2. The second-order valence-electron chi connectivity index (χ2n) is 4.35. The van der Waals surface area contributed by atoms with Crippen LogP contribution in [-0.4, -0.2) is 10.9 Å². The number of anilines is 1. The van der Waals surface area contributed by atoms with E-state index in [1.54, 1.807) is 12.1 Å². The van der Waals surface area contributed by atoms with E-state index >= 15 is 0 Å². The zero-order valence-electron chi connectivity index (χ0n) is 10.8. The van der Waals surface area contributed by atoms with Crippen LogP contribution in [0, 0.1) is 10.5 Å². The summed E-state index contributed by atoms with van der Waals surface area (Å²) in [6, 6.07) is 6.79. The van der Waals surface area contributed by atoms with Gasteiger partial charge in [-0.2, -0.15) is 13.2 Å². The van der Waals surface area contributed by atoms with Crippen molar-refractivity contribution in [2.75, 3.05) is 5.32 Å². The van der Waals surface area contributed by atoms with Crippen LogP contribution >= 0.6 is 22.6 Å². The van der Waals surface area contributed by atoms with Crippen molar-refractivity contribution in [1.82, 2.24) is 4.98 Å². The number of pyridine rings is 1. The minimum atomic E-state index is -4.50. The van der Waals surface area contributed by atoms with Crippen LogP contribution in [0.4, 0.5) is 18.9 Å². The van der Waals surface area contributed by atoms with E-state index in [-0.39, 0.29) is 5.69 Å². The number of nitrogens with zero attached hydrogens (tertiary/aromatic N) is 1. The molecule has 0 saturated carbocycles. The third-order valence-electron chi connectivity index (χ3n) is 2.75. The SMILES string of the molecule is Cc1ccc(NC(=O)c2cc(C(F)(F)F)ccn2)cc1I. The molecule has 0 atom stereocenters. The molecule has 0 aliphatic carbocycles. The number of hydrogen-bond donors (Lipinski definition) is 1. The van der Waals surface area contributed by atoms with Gasteiger partial charge in [-0.15, -0.1) is 0 Å². The first-order chi connectivity index (χ1) is 9.77. The van der Waals surface area contributed by atoms with E-state index in [0.717, 1.165) is 27.5 Å². The van der Waals surface area contributed by atoms with Crippen molar-refractivity contribution in [3.8, 4) is 0 Å². The number of aromatic nitrogens is 1. The number of aryl methyl sites for hydroxylation is 1. The number of benzene rings is 1. The Morgan fingerprint density at radius 3 is 2.57 bits per heavy atom. The lowest BCUT2D eigenvalue weighted by molar-refractivity contribution is -0.137. The van der Waals surface area contributed by atoms with Gasteiger partial charge in [0.1, 0.15) is 5.69 Å². The van der Waals surface area contributed by atoms with Crippen molar-refractivity contribution >= 4 is 34.2 Å². The minimum Gasteiger partial charge on any atom is -0.321 e. The van der Waals surface area contributed by atoms with Crippen LogP contribution in [0.5, 0.6) is 0 Å². The Bertz CT molecular complexity index is 686. The van der Waals surface area contributed by atoms with Crippen LogP contribution in [0.3, 0.4) is 0 Å². The standard InChI is InChI=1S/C14H10F3IN2O/c1-8-2-3-10(7-11(8)18)20-13(21)12-6-9(4-5-19-12)14(15,16)17/h2-7H,1H3,(H,20,21). The molecule has 1 N–H and O–H groups in total. The van der Waals surface area contributed by atoms with Gasteiger partial charge in [-0.05, 0) is 59.3 Å². The second-order valence-corrected chi connectivity index (χ2v) is 5.51. The lowest BCUT2D eigenvalue weighted by Crippen LogP contribution is -2.15. The first-order valence-electron chi connectivity index (χ1n) is 5.88. The zero-order valence-corrected chi connectivity index (χ0v) is 13.0. The molecular weight excluding hydrogens is 396 g/mol. The monoisotopic (exact) mass is 406 g/mol. The highest BCUT2D eigenvalue weighted by molar-refractivity contribution is 14.1. The number of carbonyl (C=O) groups excluding carboxylic acids is 1. The van der Waals surface area contributed by atoms with Gasteiger partial charge in [-0.3, -0.25) is 9.78 Å². The van der Waals surface area contributed by atoms with Crippen molar-refractivity contribution < 1.29 is 18.0 Å². The summed E-state index contributed by atoms with van der Waals surface area (Å²) >= 11 is 2.11. The summed E-state index contributed by atoms with van der Waals surface area (Å²) in [7, 11) is 0. The van der Waals surface area contributed by atoms with E-state index < -0.39 is 17.6 Å². The van der Waals surface area contributed by atoms with Crippen LogP contribution in [-0.2, 0) is 6.18 Å². The van der Waals surface area contributed by atoms with Crippen molar-refractivity contribution in [3.63, 3.8) is 0 Å². The van der Waals surface area contributed by atoms with Crippen LogP contribution < -0.4 is 5.32 Å². The molecule has 7 heteroatoms. The van der Waals surface area contributed by atoms with Gasteiger partial charge in [0.05, 0.1) is 5.56 Å². The van der Waals surface area contributed by atoms with Crippen LogP contribution in [0.1, 0.15) is 21.6 Å². The summed E-state index contributed by atoms with van der Waals surface area (Å²) in [4.78, 5) is 15.6. The predicted octanol–water partition coefficient (Wildman–Crippen LogP) is 4.27. The van der Waals surface area contributed by atoms with Gasteiger partial charge in [-0.25, -0.2) is 0 Å². The Hall–Kier alpha value is -1.64. The molecule has 21 heavy (non-hydrogen) atoms. The lowest BCUT2D eigenvalue weighted by atomic mass is 10.2. The summed E-state index contributed by atoms with van der Waals surface area (Å²) < 4.78 is 38.7. The highest BCUT2D eigenvalue weighted by atomic mass is 127. The number of halogens is 4. The van der Waals surface area contributed by atoms with Gasteiger partial charge < -0.3 is 5.32 Å². The maximum atomic E-state index is 12.6. The maximum absolute atomic E-state index is 12.6. The molecule has 3 nitrogen and oxygen atoms in total. The molecule has 0 aliphatic heterocycles. The van der Waals surface area contributed by atoms with Gasteiger partial charge in [0.25, 0.3) is 5.91 Å². The van der Waals surface area contributed by atoms with Crippen molar-refractivity contribution in [2.45, 2.75) is 13.1 Å². The molecule has 1 heterocycles. The summed E-state index contributed by atoms with van der Waals surface area (Å²) in [6.07, 6.45) is -3.53. The molecule has 110 valence electrons. The minimum absolute atomic E-state index is 0.277. The Morgan fingerprint density at radius 2 is 1.95 bits per heavy atom. The summed E-state index contributed by atoms with van der Waals surface area (Å²) in [5.41, 5.74) is 0.376. The molecule has 1 amide bonds. The van der Waals surface area contributed by atoms with Crippen LogP contribution in [0.2, 0.25) is 0 Å². The van der Waals surface area contributed by atoms with Gasteiger partial charge in [0.15, 0.2) is 0 Å². The molecular formula is C14H10F3IN2O. The van der Waals surface area contributed by atoms with E-state index in [0.29, 0.717) is 5.69 Å². The fourth-order valence-electron chi connectivity index (χ4n) is 1.60. The molecule has 0 unspecified atom stereocenters. The number of carbonyl (C=O) groups is 1. The molecule has 0 radical (unpaired) electrons. The van der Waals surface area contributed by atoms with Gasteiger partial charge in [-0.1, -0.05) is 6.07 Å². The van der Waals surface area contributed by atoms with E-state index in [1.165, 1.54) is 0 Å². The molecule has 0 saturated heterocycles. The number of alkyl halides is 3. The van der Waals surface area contributed by atoms with Crippen LogP contribution in [0.25, 0.3) is 0 Å². The number of hydrogen-bond acceptors (Lipinski definition) is 2. The second kappa shape index (κ2) is 6.00. The van der Waals surface area contributed by atoms with Gasteiger partial charge >= 0.3 is 6.18 Å². The van der Waals surface area contributed by atoms with E-state index in [1.807, 2.05) is 13.0 Å². The first-order valence-corrected chi connectivity index (χ1v) is 6.96. The zero-order chi connectivity index (χ0) is 15.6. The lowest BCUT2D eigenvalue weighted by Gasteiger charge is -2.09. The Kier molecular flexibility index (Phi) is 4.50. The van der Waals surface area contributed by atoms with Crippen molar-refractivity contribution in [1.29, 1.82) is 0 Å². The molecule has 2 rings (SSSR count). The van der Waals surface area contributed by atoms with E-state index in [2.05, 4.69) is 32.9 Å². The van der Waals surface area contributed by atoms with Gasteiger partial charge in [0.2, 0.25) is 0 Å². The Labute approximate surface area is 132 Å². The molecule has 0 spiro atoms. The fraction of sp³-hybridized carbons (Fsp3) is 0.143. The number of nitrogens with one attached hydrogen (secondary N) is 1. The molecule has 1 aromatic heterocycles. The Balaban J connectivity index is 2.22. The molecule has 0 aliphatic rings.